The molecule has 0 bridgehead atoms. The summed E-state index contributed by atoms with van der Waals surface area (Å²) in [5.41, 5.74) is -2.69. The van der Waals surface area contributed by atoms with Crippen LogP contribution in [-0.4, -0.2) is 23.9 Å². The summed E-state index contributed by atoms with van der Waals surface area (Å²) < 4.78 is 72.1. The van der Waals surface area contributed by atoms with Crippen LogP contribution in [0.1, 0.15) is 11.1 Å². The fourth-order valence-corrected chi connectivity index (χ4v) is 5.36. The van der Waals surface area contributed by atoms with Crippen molar-refractivity contribution in [3.63, 3.8) is 0 Å². The van der Waals surface area contributed by atoms with Crippen LogP contribution in [0.15, 0.2) is 84.5 Å². The lowest BCUT2D eigenvalue weighted by Gasteiger charge is -2.17. The lowest BCUT2D eigenvalue weighted by atomic mass is 10.1. The summed E-state index contributed by atoms with van der Waals surface area (Å²) in [6.07, 6.45) is -4.74. The molecule has 0 aliphatic rings. The van der Waals surface area contributed by atoms with Gasteiger partial charge < -0.3 is 23.6 Å². The van der Waals surface area contributed by atoms with Gasteiger partial charge in [-0.15, -0.1) is 0 Å². The Hall–Kier alpha value is -4.45. The van der Waals surface area contributed by atoms with Gasteiger partial charge in [-0.05, 0) is 35.9 Å². The lowest BCUT2D eigenvalue weighted by molar-refractivity contribution is -0.139. The van der Waals surface area contributed by atoms with E-state index in [1.807, 2.05) is 0 Å². The van der Waals surface area contributed by atoms with Gasteiger partial charge in [0, 0.05) is 16.3 Å². The molecule has 0 radical (unpaired) electrons. The van der Waals surface area contributed by atoms with Gasteiger partial charge in [0.15, 0.2) is 22.8 Å². The number of hydrogen-bond donors (Lipinski definition) is 1. The first-order chi connectivity index (χ1) is 19.0. The number of halogens is 4. The number of pyridine rings is 1. The van der Waals surface area contributed by atoms with E-state index < -0.39 is 44.8 Å². The summed E-state index contributed by atoms with van der Waals surface area (Å²) >= 11 is 0.330. The Kier molecular flexibility index (Phi) is 6.96. The zero-order valence-electron chi connectivity index (χ0n) is 20.8. The number of rotatable bonds is 6. The largest absolute Gasteiger partial charge is 0.505 e. The van der Waals surface area contributed by atoms with Crippen molar-refractivity contribution in [2.24, 2.45) is 0 Å². The van der Waals surface area contributed by atoms with Crippen LogP contribution in [0.4, 0.5) is 17.6 Å². The van der Waals surface area contributed by atoms with E-state index in [0.29, 0.717) is 17.3 Å². The van der Waals surface area contributed by atoms with E-state index >= 15 is 0 Å². The normalized spacial score (nSPS) is 11.8. The quantitative estimate of drug-likeness (QED) is 0.191. The summed E-state index contributed by atoms with van der Waals surface area (Å²) in [5, 5.41) is 10.9. The minimum absolute atomic E-state index is 0.156. The van der Waals surface area contributed by atoms with E-state index in [1.165, 1.54) is 61.3 Å². The average molecular weight is 574 g/mol. The smallest absolute Gasteiger partial charge is 0.417 e. The molecule has 3 aromatic carbocycles. The number of hydrogen-bond acceptors (Lipinski definition) is 7. The van der Waals surface area contributed by atoms with Gasteiger partial charge >= 0.3 is 11.8 Å². The molecule has 5 rings (SSSR count). The number of fused-ring (bicyclic) bond motifs is 3. The lowest BCUT2D eigenvalue weighted by Crippen LogP contribution is -2.23. The van der Waals surface area contributed by atoms with E-state index in [0.717, 1.165) is 12.1 Å². The second-order valence-electron chi connectivity index (χ2n) is 8.61. The van der Waals surface area contributed by atoms with Gasteiger partial charge in [-0.3, -0.25) is 4.79 Å². The topological polar surface area (TPSA) is 90.9 Å². The second kappa shape index (κ2) is 10.3. The zero-order valence-corrected chi connectivity index (χ0v) is 21.7. The van der Waals surface area contributed by atoms with Crippen molar-refractivity contribution in [2.45, 2.75) is 22.5 Å². The fraction of sp³-hybridized carbons (Fsp3) is 0.143. The molecule has 2 aromatic heterocycles. The Labute approximate surface area is 227 Å². The van der Waals surface area contributed by atoms with Crippen molar-refractivity contribution in [1.29, 1.82) is 0 Å². The summed E-state index contributed by atoms with van der Waals surface area (Å²) in [6.45, 7) is -0.156. The van der Waals surface area contributed by atoms with Crippen molar-refractivity contribution in [1.82, 2.24) is 4.57 Å². The molecule has 0 aliphatic carbocycles. The molecule has 206 valence electrons. The summed E-state index contributed by atoms with van der Waals surface area (Å²) in [6, 6.07) is 12.9. The van der Waals surface area contributed by atoms with Gasteiger partial charge in [-0.2, -0.15) is 13.2 Å². The maximum atomic E-state index is 13.9. The highest BCUT2D eigenvalue weighted by Crippen LogP contribution is 2.43. The SMILES string of the molecule is COc1cc2c3oc(=O)c(Sc4ccccc4C(F)(F)F)c(O)c3c(=O)n(Cc3cccc(F)c3)c2cc1OC. The molecule has 0 saturated carbocycles. The van der Waals surface area contributed by atoms with Crippen LogP contribution in [0.3, 0.4) is 0 Å². The molecule has 1 N–H and O–H groups in total. The molecule has 0 aliphatic heterocycles. The Morgan fingerprint density at radius 3 is 2.35 bits per heavy atom. The molecule has 0 saturated heterocycles. The zero-order chi connectivity index (χ0) is 28.8. The van der Waals surface area contributed by atoms with Crippen LogP contribution in [0, 0.1) is 5.82 Å². The predicted molar refractivity (Wildman–Crippen MR) is 140 cm³/mol. The van der Waals surface area contributed by atoms with Gasteiger partial charge in [0.2, 0.25) is 0 Å². The minimum Gasteiger partial charge on any atom is -0.505 e. The number of alkyl halides is 3. The van der Waals surface area contributed by atoms with Crippen LogP contribution in [0.5, 0.6) is 17.2 Å². The first-order valence-corrected chi connectivity index (χ1v) is 12.4. The van der Waals surface area contributed by atoms with Gasteiger partial charge in [0.1, 0.15) is 16.1 Å². The number of benzene rings is 3. The molecule has 40 heavy (non-hydrogen) atoms. The standard InChI is InChI=1S/C28H19F4NO6S/c1-37-19-11-16-18(12-20(19)38-2)33(13-14-6-5-7-15(29)10-14)26(35)22-23(34)25(27(36)39-24(16)22)40-21-9-4-3-8-17(21)28(30,31)32/h3-12,34H,13H2,1-2H3. The molecule has 7 nitrogen and oxygen atoms in total. The summed E-state index contributed by atoms with van der Waals surface area (Å²) in [7, 11) is 2.75. The van der Waals surface area contributed by atoms with Crippen molar-refractivity contribution < 1.29 is 36.6 Å². The Morgan fingerprint density at radius 1 is 0.975 bits per heavy atom. The second-order valence-corrected chi connectivity index (χ2v) is 9.67. The highest BCUT2D eigenvalue weighted by molar-refractivity contribution is 7.99. The fourth-order valence-electron chi connectivity index (χ4n) is 4.38. The Bertz CT molecular complexity index is 1900. The van der Waals surface area contributed by atoms with Crippen LogP contribution in [0.2, 0.25) is 0 Å². The molecule has 0 fully saturated rings. The average Bonchev–Trinajstić information content (AvgIpc) is 2.92. The van der Waals surface area contributed by atoms with E-state index in [2.05, 4.69) is 0 Å². The third kappa shape index (κ3) is 4.75. The summed E-state index contributed by atoms with van der Waals surface area (Å²) in [4.78, 5) is 25.9. The van der Waals surface area contributed by atoms with Gasteiger partial charge in [-0.1, -0.05) is 36.0 Å². The number of aromatic hydroxyl groups is 1. The Morgan fingerprint density at radius 2 is 1.68 bits per heavy atom. The van der Waals surface area contributed by atoms with Crippen LogP contribution >= 0.6 is 11.8 Å². The minimum atomic E-state index is -4.74. The van der Waals surface area contributed by atoms with E-state index in [9.17, 15) is 32.3 Å². The highest BCUT2D eigenvalue weighted by atomic mass is 32.2. The third-order valence-corrected chi connectivity index (χ3v) is 7.33. The van der Waals surface area contributed by atoms with Gasteiger partial charge in [-0.25, -0.2) is 9.18 Å². The molecule has 12 heteroatoms. The molecular formula is C28H19F4NO6S. The maximum Gasteiger partial charge on any atom is 0.417 e. The first-order valence-electron chi connectivity index (χ1n) is 11.6. The van der Waals surface area contributed by atoms with E-state index in [4.69, 9.17) is 13.9 Å². The van der Waals surface area contributed by atoms with Crippen LogP contribution < -0.4 is 20.7 Å². The van der Waals surface area contributed by atoms with Crippen LogP contribution in [0.25, 0.3) is 21.9 Å². The van der Waals surface area contributed by atoms with Crippen molar-refractivity contribution in [2.75, 3.05) is 14.2 Å². The molecule has 0 spiro atoms. The third-order valence-electron chi connectivity index (χ3n) is 6.19. The number of methoxy groups -OCH3 is 2. The van der Waals surface area contributed by atoms with E-state index in [-0.39, 0.29) is 39.4 Å². The number of ether oxygens (including phenoxy) is 2. The Balaban J connectivity index is 1.83. The maximum absolute atomic E-state index is 13.9. The van der Waals surface area contributed by atoms with E-state index in [1.54, 1.807) is 6.07 Å². The molecular weight excluding hydrogens is 554 g/mol. The molecule has 2 heterocycles. The number of aromatic nitrogens is 1. The highest BCUT2D eigenvalue weighted by Gasteiger charge is 2.34. The van der Waals surface area contributed by atoms with Crippen molar-refractivity contribution >= 4 is 33.6 Å². The predicted octanol–water partition coefficient (Wildman–Crippen LogP) is 6.19. The number of nitrogens with zero attached hydrogens (tertiary/aromatic N) is 1. The summed E-state index contributed by atoms with van der Waals surface area (Å²) in [5.74, 6) is -0.926. The monoisotopic (exact) mass is 573 g/mol. The molecule has 5 aromatic rings. The van der Waals surface area contributed by atoms with Crippen LogP contribution in [-0.2, 0) is 12.7 Å². The van der Waals surface area contributed by atoms with Crippen molar-refractivity contribution in [3.05, 3.63) is 98.4 Å². The molecule has 0 amide bonds. The first kappa shape index (κ1) is 27.1. The molecule has 0 unspecified atom stereocenters. The molecule has 0 atom stereocenters. The van der Waals surface area contributed by atoms with Gasteiger partial charge in [0.25, 0.3) is 5.56 Å². The van der Waals surface area contributed by atoms with Gasteiger partial charge in [0.05, 0.1) is 31.8 Å². The van der Waals surface area contributed by atoms with Crippen molar-refractivity contribution in [3.8, 4) is 17.2 Å².